The Labute approximate surface area is 115 Å². The Morgan fingerprint density at radius 3 is 2.79 bits per heavy atom. The summed E-state index contributed by atoms with van der Waals surface area (Å²) in [4.78, 5) is 22.6. The Bertz CT molecular complexity index is 501. The molecule has 0 aromatic heterocycles. The number of halogens is 1. The van der Waals surface area contributed by atoms with Crippen LogP contribution in [-0.2, 0) is 9.53 Å². The second-order valence-electron chi connectivity index (χ2n) is 3.80. The quantitative estimate of drug-likeness (QED) is 0.815. The van der Waals surface area contributed by atoms with Crippen LogP contribution >= 0.6 is 11.6 Å². The molecule has 1 aromatic rings. The van der Waals surface area contributed by atoms with E-state index < -0.39 is 18.1 Å². The van der Waals surface area contributed by atoms with Gasteiger partial charge in [0.05, 0.1) is 0 Å². The topological polar surface area (TPSA) is 75.6 Å². The average molecular weight is 284 g/mol. The molecule has 0 radical (unpaired) electrons. The minimum Gasteiger partial charge on any atom is -0.479 e. The van der Waals surface area contributed by atoms with Crippen molar-refractivity contribution in [2.45, 2.75) is 13.0 Å². The Kier molecular flexibility index (Phi) is 5.38. The van der Waals surface area contributed by atoms with Gasteiger partial charge in [-0.3, -0.25) is 0 Å². The van der Waals surface area contributed by atoms with Crippen LogP contribution in [0.3, 0.4) is 0 Å². The molecule has 0 heterocycles. The van der Waals surface area contributed by atoms with E-state index in [4.69, 9.17) is 16.3 Å². The standard InChI is InChI=1S/C13H14ClNO4/c1-3-6-19-13(18)15-11(12(16)17)10-5-4-9(14)7-8(10)2/h3-5,7,11H,1,6H2,2H3,(H,15,18)(H,16,17). The van der Waals surface area contributed by atoms with Gasteiger partial charge in [0.1, 0.15) is 6.61 Å². The molecule has 1 rings (SSSR count). The number of hydrogen-bond acceptors (Lipinski definition) is 3. The van der Waals surface area contributed by atoms with Gasteiger partial charge >= 0.3 is 12.1 Å². The van der Waals surface area contributed by atoms with Crippen molar-refractivity contribution in [3.8, 4) is 0 Å². The summed E-state index contributed by atoms with van der Waals surface area (Å²) < 4.78 is 4.70. The monoisotopic (exact) mass is 283 g/mol. The van der Waals surface area contributed by atoms with Gasteiger partial charge in [-0.25, -0.2) is 9.59 Å². The number of carboxylic acid groups (broad SMARTS) is 1. The fraction of sp³-hybridized carbons (Fsp3) is 0.231. The van der Waals surface area contributed by atoms with E-state index in [2.05, 4.69) is 11.9 Å². The normalized spacial score (nSPS) is 11.5. The maximum Gasteiger partial charge on any atom is 0.408 e. The molecule has 0 aliphatic heterocycles. The van der Waals surface area contributed by atoms with Gasteiger partial charge in [0.25, 0.3) is 0 Å². The van der Waals surface area contributed by atoms with Crippen molar-refractivity contribution < 1.29 is 19.4 Å². The molecule has 2 N–H and O–H groups in total. The molecule has 1 atom stereocenters. The first kappa shape index (κ1) is 15.0. The van der Waals surface area contributed by atoms with Gasteiger partial charge in [-0.2, -0.15) is 0 Å². The van der Waals surface area contributed by atoms with Crippen LogP contribution in [0.25, 0.3) is 0 Å². The Morgan fingerprint density at radius 1 is 1.58 bits per heavy atom. The van der Waals surface area contributed by atoms with Crippen molar-refractivity contribution in [3.63, 3.8) is 0 Å². The van der Waals surface area contributed by atoms with Crippen molar-refractivity contribution in [1.82, 2.24) is 5.32 Å². The summed E-state index contributed by atoms with van der Waals surface area (Å²) in [7, 11) is 0. The third kappa shape index (κ3) is 4.30. The van der Waals surface area contributed by atoms with Gasteiger partial charge in [0, 0.05) is 5.02 Å². The zero-order chi connectivity index (χ0) is 14.4. The zero-order valence-corrected chi connectivity index (χ0v) is 11.1. The van der Waals surface area contributed by atoms with E-state index in [1.54, 1.807) is 25.1 Å². The van der Waals surface area contributed by atoms with E-state index in [9.17, 15) is 14.7 Å². The summed E-state index contributed by atoms with van der Waals surface area (Å²) in [6.07, 6.45) is 0.574. The zero-order valence-electron chi connectivity index (χ0n) is 10.4. The first-order chi connectivity index (χ1) is 8.95. The highest BCUT2D eigenvalue weighted by Crippen LogP contribution is 2.21. The number of aryl methyl sites for hydroxylation is 1. The molecule has 0 aliphatic rings. The first-order valence-electron chi connectivity index (χ1n) is 5.48. The smallest absolute Gasteiger partial charge is 0.408 e. The number of rotatable bonds is 5. The second kappa shape index (κ2) is 6.80. The number of aliphatic carboxylic acids is 1. The number of amides is 1. The molecule has 1 aromatic carbocycles. The number of carbonyl (C=O) groups excluding carboxylic acids is 1. The van der Waals surface area contributed by atoms with Crippen LogP contribution in [-0.4, -0.2) is 23.8 Å². The van der Waals surface area contributed by atoms with Crippen LogP contribution in [0.5, 0.6) is 0 Å². The summed E-state index contributed by atoms with van der Waals surface area (Å²) in [6.45, 7) is 5.12. The molecule has 0 fully saturated rings. The lowest BCUT2D eigenvalue weighted by Gasteiger charge is -2.16. The summed E-state index contributed by atoms with van der Waals surface area (Å²) in [6, 6.07) is 3.57. The van der Waals surface area contributed by atoms with E-state index in [-0.39, 0.29) is 6.61 Å². The van der Waals surface area contributed by atoms with Crippen molar-refractivity contribution >= 4 is 23.7 Å². The number of carbonyl (C=O) groups is 2. The highest BCUT2D eigenvalue weighted by atomic mass is 35.5. The number of alkyl carbamates (subject to hydrolysis) is 1. The van der Waals surface area contributed by atoms with E-state index >= 15 is 0 Å². The molecule has 6 heteroatoms. The Balaban J connectivity index is 2.91. The molecule has 0 spiro atoms. The maximum absolute atomic E-state index is 11.4. The lowest BCUT2D eigenvalue weighted by molar-refractivity contribution is -0.139. The fourth-order valence-corrected chi connectivity index (χ4v) is 1.76. The number of nitrogens with one attached hydrogen (secondary N) is 1. The fourth-order valence-electron chi connectivity index (χ4n) is 1.53. The lowest BCUT2D eigenvalue weighted by atomic mass is 10.0. The molecular weight excluding hydrogens is 270 g/mol. The van der Waals surface area contributed by atoms with Crippen molar-refractivity contribution in [2.24, 2.45) is 0 Å². The summed E-state index contributed by atoms with van der Waals surface area (Å²) >= 11 is 5.80. The van der Waals surface area contributed by atoms with Crippen LogP contribution < -0.4 is 5.32 Å². The minimum atomic E-state index is -1.19. The predicted molar refractivity (Wildman–Crippen MR) is 71.2 cm³/mol. The number of carboxylic acids is 1. The molecule has 19 heavy (non-hydrogen) atoms. The van der Waals surface area contributed by atoms with E-state index in [1.165, 1.54) is 6.08 Å². The first-order valence-corrected chi connectivity index (χ1v) is 5.86. The van der Waals surface area contributed by atoms with Crippen LogP contribution in [0.1, 0.15) is 17.2 Å². The molecule has 0 saturated heterocycles. The average Bonchev–Trinajstić information content (AvgIpc) is 2.34. The molecule has 5 nitrogen and oxygen atoms in total. The van der Waals surface area contributed by atoms with E-state index in [0.29, 0.717) is 16.1 Å². The summed E-state index contributed by atoms with van der Waals surface area (Å²) in [5, 5.41) is 11.9. The maximum atomic E-state index is 11.4. The van der Waals surface area contributed by atoms with Crippen molar-refractivity contribution in [3.05, 3.63) is 47.0 Å². The molecule has 102 valence electrons. The van der Waals surface area contributed by atoms with Gasteiger partial charge in [0.15, 0.2) is 6.04 Å². The molecule has 0 aliphatic carbocycles. The summed E-state index contributed by atoms with van der Waals surface area (Å²) in [5.74, 6) is -1.18. The lowest BCUT2D eigenvalue weighted by Crippen LogP contribution is -2.34. The van der Waals surface area contributed by atoms with E-state index in [0.717, 1.165) is 0 Å². The number of benzene rings is 1. The number of hydrogen-bond donors (Lipinski definition) is 2. The predicted octanol–water partition coefficient (Wildman–Crippen LogP) is 2.69. The SMILES string of the molecule is C=CCOC(=O)NC(C(=O)O)c1ccc(Cl)cc1C. The molecular formula is C13H14ClNO4. The van der Waals surface area contributed by atoms with Crippen LogP contribution in [0.15, 0.2) is 30.9 Å². The minimum absolute atomic E-state index is 0.0117. The van der Waals surface area contributed by atoms with Crippen molar-refractivity contribution in [1.29, 1.82) is 0 Å². The van der Waals surface area contributed by atoms with Gasteiger partial charge in [0.2, 0.25) is 0 Å². The molecule has 1 amide bonds. The molecule has 0 bridgehead atoms. The Morgan fingerprint density at radius 2 is 2.26 bits per heavy atom. The third-order valence-electron chi connectivity index (χ3n) is 2.38. The third-order valence-corrected chi connectivity index (χ3v) is 2.62. The van der Waals surface area contributed by atoms with E-state index in [1.807, 2.05) is 0 Å². The number of ether oxygens (including phenoxy) is 1. The highest BCUT2D eigenvalue weighted by Gasteiger charge is 2.24. The van der Waals surface area contributed by atoms with Gasteiger partial charge in [-0.1, -0.05) is 30.3 Å². The van der Waals surface area contributed by atoms with Crippen LogP contribution in [0.4, 0.5) is 4.79 Å². The molecule has 0 saturated carbocycles. The van der Waals surface area contributed by atoms with Crippen LogP contribution in [0, 0.1) is 6.92 Å². The largest absolute Gasteiger partial charge is 0.479 e. The van der Waals surface area contributed by atoms with Gasteiger partial charge < -0.3 is 15.2 Å². The van der Waals surface area contributed by atoms with Gasteiger partial charge in [-0.05, 0) is 30.2 Å². The highest BCUT2D eigenvalue weighted by molar-refractivity contribution is 6.30. The van der Waals surface area contributed by atoms with Crippen molar-refractivity contribution in [2.75, 3.05) is 6.61 Å². The van der Waals surface area contributed by atoms with Gasteiger partial charge in [-0.15, -0.1) is 0 Å². The van der Waals surface area contributed by atoms with Crippen LogP contribution in [0.2, 0.25) is 5.02 Å². The summed E-state index contributed by atoms with van der Waals surface area (Å²) in [5.41, 5.74) is 1.12. The second-order valence-corrected chi connectivity index (χ2v) is 4.24. The Hall–Kier alpha value is -2.01. The molecule has 1 unspecified atom stereocenters.